The lowest BCUT2D eigenvalue weighted by Crippen LogP contribution is -2.46. The molecule has 1 spiro atoms. The summed E-state index contributed by atoms with van der Waals surface area (Å²) in [6, 6.07) is 7.77. The molecule has 1 amide bonds. The van der Waals surface area contributed by atoms with Gasteiger partial charge in [-0.05, 0) is 54.3 Å². The van der Waals surface area contributed by atoms with E-state index in [-0.39, 0.29) is 11.3 Å². The molecule has 2 aliphatic rings. The van der Waals surface area contributed by atoms with E-state index in [2.05, 4.69) is 15.5 Å². The average Bonchev–Trinajstić information content (AvgIpc) is 3.25. The largest absolute Gasteiger partial charge is 0.381 e. The monoisotopic (exact) mass is 341 g/mol. The van der Waals surface area contributed by atoms with E-state index in [4.69, 9.17) is 4.74 Å². The number of rotatable bonds is 3. The summed E-state index contributed by atoms with van der Waals surface area (Å²) in [5, 5.41) is 11.5. The molecule has 0 radical (unpaired) electrons. The fourth-order valence-corrected chi connectivity index (χ4v) is 3.86. The fraction of sp³-hybridized carbons (Fsp3) is 0.556. The van der Waals surface area contributed by atoms with Crippen molar-refractivity contribution in [3.63, 3.8) is 0 Å². The van der Waals surface area contributed by atoms with Gasteiger partial charge < -0.3 is 9.64 Å². The molecule has 3 heterocycles. The molecule has 0 bridgehead atoms. The molecule has 0 aliphatic carbocycles. The Morgan fingerprint density at radius 3 is 2.80 bits per heavy atom. The van der Waals surface area contributed by atoms with Crippen molar-refractivity contribution in [3.8, 4) is 0 Å². The molecule has 7 heteroatoms. The molecule has 1 aromatic carbocycles. The lowest BCUT2D eigenvalue weighted by molar-refractivity contribution is 0.0462. The Morgan fingerprint density at radius 2 is 2.12 bits per heavy atom. The van der Waals surface area contributed by atoms with Gasteiger partial charge in [-0.3, -0.25) is 4.79 Å². The van der Waals surface area contributed by atoms with Crippen molar-refractivity contribution in [3.05, 3.63) is 41.2 Å². The van der Waals surface area contributed by atoms with Crippen LogP contribution in [0.5, 0.6) is 0 Å². The zero-order valence-electron chi connectivity index (χ0n) is 14.5. The van der Waals surface area contributed by atoms with Crippen LogP contribution in [0.1, 0.15) is 41.0 Å². The molecule has 2 fully saturated rings. The molecule has 25 heavy (non-hydrogen) atoms. The summed E-state index contributed by atoms with van der Waals surface area (Å²) in [7, 11) is 0. The van der Waals surface area contributed by atoms with Crippen LogP contribution in [-0.4, -0.2) is 57.3 Å². The minimum absolute atomic E-state index is 0.121. The smallest absolute Gasteiger partial charge is 0.253 e. The molecule has 4 rings (SSSR count). The Kier molecular flexibility index (Phi) is 4.25. The van der Waals surface area contributed by atoms with E-state index in [1.165, 1.54) is 6.42 Å². The summed E-state index contributed by atoms with van der Waals surface area (Å²) in [5.41, 5.74) is 2.00. The Balaban J connectivity index is 1.44. The van der Waals surface area contributed by atoms with E-state index in [1.54, 1.807) is 4.68 Å². The molecule has 132 valence electrons. The minimum atomic E-state index is 0.121. The van der Waals surface area contributed by atoms with Crippen LogP contribution in [0.4, 0.5) is 0 Å². The van der Waals surface area contributed by atoms with Gasteiger partial charge in [-0.2, -0.15) is 0 Å². The molecule has 1 aromatic heterocycles. The molecular formula is C18H23N5O2. The number of amides is 1. The van der Waals surface area contributed by atoms with Crippen molar-refractivity contribution in [2.24, 2.45) is 5.41 Å². The van der Waals surface area contributed by atoms with E-state index >= 15 is 0 Å². The summed E-state index contributed by atoms with van der Waals surface area (Å²) in [4.78, 5) is 14.9. The first-order chi connectivity index (χ1) is 12.2. The third-order valence-corrected chi connectivity index (χ3v) is 5.38. The average molecular weight is 341 g/mol. The van der Waals surface area contributed by atoms with E-state index < -0.39 is 0 Å². The first-order valence-electron chi connectivity index (χ1n) is 8.84. The number of benzene rings is 1. The number of nitrogens with zero attached hydrogens (tertiary/aromatic N) is 5. The molecule has 0 N–H and O–H groups in total. The standard InChI is InChI=1S/C18H23N5O2/c1-14-19-20-21-23(14)11-15-3-5-16(6-4-15)17(24)22-9-2-7-18(12-22)8-10-25-13-18/h3-6H,2,7-13H2,1H3/t18-/m1/s1. The summed E-state index contributed by atoms with van der Waals surface area (Å²) in [5.74, 6) is 0.897. The highest BCUT2D eigenvalue weighted by molar-refractivity contribution is 5.94. The van der Waals surface area contributed by atoms with Gasteiger partial charge in [0.05, 0.1) is 13.2 Å². The molecule has 2 aliphatic heterocycles. The Morgan fingerprint density at radius 1 is 1.28 bits per heavy atom. The van der Waals surface area contributed by atoms with Crippen LogP contribution in [0.15, 0.2) is 24.3 Å². The van der Waals surface area contributed by atoms with E-state index in [0.717, 1.165) is 56.1 Å². The maximum absolute atomic E-state index is 12.9. The molecule has 0 saturated carbocycles. The van der Waals surface area contributed by atoms with Gasteiger partial charge in [0.15, 0.2) is 0 Å². The highest BCUT2D eigenvalue weighted by atomic mass is 16.5. The number of tetrazole rings is 1. The highest BCUT2D eigenvalue weighted by Crippen LogP contribution is 2.38. The first kappa shape index (κ1) is 16.2. The third kappa shape index (κ3) is 3.28. The van der Waals surface area contributed by atoms with Crippen LogP contribution in [0.3, 0.4) is 0 Å². The number of hydrogen-bond donors (Lipinski definition) is 0. The topological polar surface area (TPSA) is 73.1 Å². The van der Waals surface area contributed by atoms with Crippen molar-refractivity contribution in [1.29, 1.82) is 0 Å². The predicted octanol–water partition coefficient (Wildman–Crippen LogP) is 1.67. The van der Waals surface area contributed by atoms with Gasteiger partial charge in [0.25, 0.3) is 5.91 Å². The van der Waals surface area contributed by atoms with Crippen molar-refractivity contribution in [1.82, 2.24) is 25.1 Å². The first-order valence-corrected chi connectivity index (χ1v) is 8.84. The molecule has 1 atom stereocenters. The van der Waals surface area contributed by atoms with Gasteiger partial charge in [0.1, 0.15) is 5.82 Å². The molecule has 2 saturated heterocycles. The second-order valence-electron chi connectivity index (χ2n) is 7.21. The SMILES string of the molecule is Cc1nnnn1Cc1ccc(C(=O)N2CCC[C@@]3(CCOC3)C2)cc1. The lowest BCUT2D eigenvalue weighted by Gasteiger charge is -2.39. The quantitative estimate of drug-likeness (QED) is 0.849. The van der Waals surface area contributed by atoms with Crippen LogP contribution in [0, 0.1) is 12.3 Å². The van der Waals surface area contributed by atoms with Crippen LogP contribution in [0.25, 0.3) is 0 Å². The van der Waals surface area contributed by atoms with Gasteiger partial charge in [0.2, 0.25) is 0 Å². The second kappa shape index (κ2) is 6.55. The predicted molar refractivity (Wildman–Crippen MR) is 91.1 cm³/mol. The summed E-state index contributed by atoms with van der Waals surface area (Å²) >= 11 is 0. The van der Waals surface area contributed by atoms with Gasteiger partial charge in [-0.1, -0.05) is 12.1 Å². The Labute approximate surface area is 147 Å². The summed E-state index contributed by atoms with van der Waals surface area (Å²) in [6.07, 6.45) is 3.30. The van der Waals surface area contributed by atoms with Gasteiger partial charge in [-0.15, -0.1) is 5.10 Å². The number of aromatic nitrogens is 4. The third-order valence-electron chi connectivity index (χ3n) is 5.38. The van der Waals surface area contributed by atoms with Crippen LogP contribution in [-0.2, 0) is 11.3 Å². The van der Waals surface area contributed by atoms with Crippen LogP contribution < -0.4 is 0 Å². The number of carbonyl (C=O) groups is 1. The normalized spacial score (nSPS) is 23.3. The summed E-state index contributed by atoms with van der Waals surface area (Å²) < 4.78 is 7.33. The van der Waals surface area contributed by atoms with Crippen molar-refractivity contribution < 1.29 is 9.53 Å². The lowest BCUT2D eigenvalue weighted by atomic mass is 9.79. The van der Waals surface area contributed by atoms with Crippen LogP contribution >= 0.6 is 0 Å². The Hall–Kier alpha value is -2.28. The fourth-order valence-electron chi connectivity index (χ4n) is 3.86. The van der Waals surface area contributed by atoms with E-state index in [0.29, 0.717) is 6.54 Å². The zero-order chi connectivity index (χ0) is 17.3. The number of hydrogen-bond acceptors (Lipinski definition) is 5. The number of carbonyl (C=O) groups excluding carboxylic acids is 1. The van der Waals surface area contributed by atoms with Crippen molar-refractivity contribution >= 4 is 5.91 Å². The zero-order valence-corrected chi connectivity index (χ0v) is 14.5. The number of aryl methyl sites for hydroxylation is 1. The van der Waals surface area contributed by atoms with Crippen molar-refractivity contribution in [2.75, 3.05) is 26.3 Å². The molecule has 2 aromatic rings. The van der Waals surface area contributed by atoms with E-state index in [1.807, 2.05) is 36.1 Å². The Bertz CT molecular complexity index is 749. The summed E-state index contributed by atoms with van der Waals surface area (Å²) in [6.45, 7) is 5.76. The number of piperidine rings is 1. The second-order valence-corrected chi connectivity index (χ2v) is 7.21. The molecular weight excluding hydrogens is 318 g/mol. The highest BCUT2D eigenvalue weighted by Gasteiger charge is 2.40. The minimum Gasteiger partial charge on any atom is -0.381 e. The maximum atomic E-state index is 12.9. The molecule has 0 unspecified atom stereocenters. The van der Waals surface area contributed by atoms with Gasteiger partial charge in [-0.25, -0.2) is 4.68 Å². The number of likely N-dealkylation sites (tertiary alicyclic amines) is 1. The van der Waals surface area contributed by atoms with E-state index in [9.17, 15) is 4.79 Å². The number of ether oxygens (including phenoxy) is 1. The van der Waals surface area contributed by atoms with Gasteiger partial charge >= 0.3 is 0 Å². The molecule has 7 nitrogen and oxygen atoms in total. The van der Waals surface area contributed by atoms with Crippen molar-refractivity contribution in [2.45, 2.75) is 32.7 Å². The van der Waals surface area contributed by atoms with Gasteiger partial charge in [0, 0.05) is 30.7 Å². The van der Waals surface area contributed by atoms with Crippen LogP contribution in [0.2, 0.25) is 0 Å². The maximum Gasteiger partial charge on any atom is 0.253 e.